The molecule has 11 heavy (non-hydrogen) atoms. The third kappa shape index (κ3) is 0.981. The van der Waals surface area contributed by atoms with Crippen molar-refractivity contribution in [2.24, 2.45) is 12.0 Å². The van der Waals surface area contributed by atoms with Gasteiger partial charge in [0, 0.05) is 31.4 Å². The highest BCUT2D eigenvalue weighted by atomic mass is 15.3. The van der Waals surface area contributed by atoms with Gasteiger partial charge in [-0.3, -0.25) is 9.67 Å². The van der Waals surface area contributed by atoms with Crippen molar-refractivity contribution >= 4 is 12.3 Å². The maximum absolute atomic E-state index is 4.14. The van der Waals surface area contributed by atoms with E-state index < -0.39 is 0 Å². The van der Waals surface area contributed by atoms with Crippen LogP contribution in [0, 0.1) is 0 Å². The lowest BCUT2D eigenvalue weighted by atomic mass is 10.2. The van der Waals surface area contributed by atoms with E-state index in [-0.39, 0.29) is 0 Å². The normalized spacial score (nSPS) is 14.6. The minimum atomic E-state index is 0.885. The Hall–Kier alpha value is -1.38. The lowest BCUT2D eigenvalue weighted by Crippen LogP contribution is -1.93. The summed E-state index contributed by atoms with van der Waals surface area (Å²) in [7, 11) is 1.94. The second-order valence-corrected chi connectivity index (χ2v) is 2.53. The molecule has 0 bridgehead atoms. The van der Waals surface area contributed by atoms with Crippen molar-refractivity contribution in [2.75, 3.05) is 0 Å². The average Bonchev–Trinajstić information content (AvgIpc) is 2.25. The number of aliphatic imine (C=N–C) groups is 1. The van der Waals surface area contributed by atoms with Gasteiger partial charge >= 0.3 is 0 Å². The fourth-order valence-electron chi connectivity index (χ4n) is 1.19. The minimum absolute atomic E-state index is 0.885. The van der Waals surface area contributed by atoms with Gasteiger partial charge in [0.1, 0.15) is 0 Å². The summed E-state index contributed by atoms with van der Waals surface area (Å²) in [5.74, 6) is 0. The molecule has 0 spiro atoms. The van der Waals surface area contributed by atoms with E-state index in [1.807, 2.05) is 30.2 Å². The van der Waals surface area contributed by atoms with Crippen molar-refractivity contribution in [1.29, 1.82) is 0 Å². The Morgan fingerprint density at radius 3 is 3.36 bits per heavy atom. The maximum Gasteiger partial charge on any atom is 0.0657 e. The van der Waals surface area contributed by atoms with Crippen LogP contribution >= 0.6 is 0 Å². The Balaban J connectivity index is 2.55. The number of nitrogens with zero attached hydrogens (tertiary/aromatic N) is 3. The van der Waals surface area contributed by atoms with Crippen LogP contribution in [0.2, 0.25) is 0 Å². The molecule has 0 N–H and O–H groups in total. The first-order chi connectivity index (χ1) is 5.38. The molecule has 0 saturated carbocycles. The van der Waals surface area contributed by atoms with E-state index in [2.05, 4.69) is 10.1 Å². The van der Waals surface area contributed by atoms with Crippen LogP contribution in [0.4, 0.5) is 0 Å². The van der Waals surface area contributed by atoms with E-state index in [1.54, 1.807) is 6.20 Å². The van der Waals surface area contributed by atoms with Crippen molar-refractivity contribution in [1.82, 2.24) is 9.78 Å². The summed E-state index contributed by atoms with van der Waals surface area (Å²) in [5, 5.41) is 4.14. The second kappa shape index (κ2) is 2.34. The molecular formula is C8H9N3. The van der Waals surface area contributed by atoms with Gasteiger partial charge in [0.15, 0.2) is 0 Å². The van der Waals surface area contributed by atoms with E-state index in [4.69, 9.17) is 0 Å². The highest BCUT2D eigenvalue weighted by Crippen LogP contribution is 2.11. The highest BCUT2D eigenvalue weighted by molar-refractivity contribution is 5.68. The molecule has 0 aromatic carbocycles. The number of fused-ring (bicyclic) bond motifs is 1. The van der Waals surface area contributed by atoms with Gasteiger partial charge in [-0.15, -0.1) is 0 Å². The molecule has 0 amide bonds. The third-order valence-electron chi connectivity index (χ3n) is 1.80. The lowest BCUT2D eigenvalue weighted by Gasteiger charge is -1.94. The van der Waals surface area contributed by atoms with E-state index in [1.165, 1.54) is 5.56 Å². The van der Waals surface area contributed by atoms with Gasteiger partial charge in [-0.2, -0.15) is 5.10 Å². The zero-order chi connectivity index (χ0) is 7.68. The van der Waals surface area contributed by atoms with Crippen LogP contribution in [0.3, 0.4) is 0 Å². The molecule has 3 nitrogen and oxygen atoms in total. The highest BCUT2D eigenvalue weighted by Gasteiger charge is 2.04. The van der Waals surface area contributed by atoms with Crippen LogP contribution in [-0.4, -0.2) is 16.0 Å². The van der Waals surface area contributed by atoms with Crippen LogP contribution in [0.1, 0.15) is 11.3 Å². The molecule has 0 fully saturated rings. The standard InChI is InChI=1S/C8H9N3/c1-11-8-3-5-9-4-2-7(8)6-10-11/h3-6H,2H2,1H3. The summed E-state index contributed by atoms with van der Waals surface area (Å²) in [6, 6.07) is 0. The van der Waals surface area contributed by atoms with Gasteiger partial charge in [-0.25, -0.2) is 0 Å². The summed E-state index contributed by atoms with van der Waals surface area (Å²) < 4.78 is 1.86. The van der Waals surface area contributed by atoms with Crippen molar-refractivity contribution in [2.45, 2.75) is 6.42 Å². The smallest absolute Gasteiger partial charge is 0.0657 e. The molecule has 0 aliphatic carbocycles. The van der Waals surface area contributed by atoms with E-state index >= 15 is 0 Å². The van der Waals surface area contributed by atoms with Crippen LogP contribution in [0.15, 0.2) is 17.4 Å². The molecule has 0 unspecified atom stereocenters. The largest absolute Gasteiger partial charge is 0.269 e. The zero-order valence-corrected chi connectivity index (χ0v) is 6.36. The molecular weight excluding hydrogens is 138 g/mol. The molecule has 0 radical (unpaired) electrons. The van der Waals surface area contributed by atoms with Crippen LogP contribution in [0.5, 0.6) is 0 Å². The summed E-state index contributed by atoms with van der Waals surface area (Å²) in [6.45, 7) is 0. The Labute approximate surface area is 65.1 Å². The Morgan fingerprint density at radius 1 is 1.55 bits per heavy atom. The van der Waals surface area contributed by atoms with Gasteiger partial charge in [0.2, 0.25) is 0 Å². The van der Waals surface area contributed by atoms with Gasteiger partial charge in [0.25, 0.3) is 0 Å². The number of hydrogen-bond donors (Lipinski definition) is 0. The summed E-state index contributed by atoms with van der Waals surface area (Å²) >= 11 is 0. The molecule has 1 aliphatic rings. The van der Waals surface area contributed by atoms with Crippen molar-refractivity contribution in [3.8, 4) is 0 Å². The molecule has 2 heterocycles. The summed E-state index contributed by atoms with van der Waals surface area (Å²) in [5.41, 5.74) is 2.40. The predicted molar refractivity (Wildman–Crippen MR) is 44.4 cm³/mol. The third-order valence-corrected chi connectivity index (χ3v) is 1.80. The summed E-state index contributed by atoms with van der Waals surface area (Å²) in [6.07, 6.45) is 8.44. The van der Waals surface area contributed by atoms with Crippen LogP contribution in [-0.2, 0) is 13.5 Å². The Bertz CT molecular complexity index is 320. The molecule has 1 aromatic rings. The van der Waals surface area contributed by atoms with Crippen molar-refractivity contribution < 1.29 is 0 Å². The van der Waals surface area contributed by atoms with Crippen LogP contribution < -0.4 is 0 Å². The fraction of sp³-hybridized carbons (Fsp3) is 0.250. The fourth-order valence-corrected chi connectivity index (χ4v) is 1.19. The molecule has 1 aliphatic heterocycles. The monoisotopic (exact) mass is 147 g/mol. The lowest BCUT2D eigenvalue weighted by molar-refractivity contribution is 0.759. The topological polar surface area (TPSA) is 30.2 Å². The SMILES string of the molecule is Cn1ncc2c1C=CN=CC2. The molecule has 56 valence electrons. The predicted octanol–water partition coefficient (Wildman–Crippen LogP) is 1.02. The number of aromatic nitrogens is 2. The van der Waals surface area contributed by atoms with E-state index in [0.717, 1.165) is 12.1 Å². The maximum atomic E-state index is 4.14. The van der Waals surface area contributed by atoms with Gasteiger partial charge in [-0.05, 0) is 6.08 Å². The molecule has 1 aromatic heterocycles. The number of aryl methyl sites for hydroxylation is 1. The van der Waals surface area contributed by atoms with Gasteiger partial charge in [-0.1, -0.05) is 0 Å². The molecule has 0 saturated heterocycles. The molecule has 2 rings (SSSR count). The quantitative estimate of drug-likeness (QED) is 0.538. The van der Waals surface area contributed by atoms with Crippen molar-refractivity contribution in [3.05, 3.63) is 23.7 Å². The van der Waals surface area contributed by atoms with E-state index in [0.29, 0.717) is 0 Å². The number of hydrogen-bond acceptors (Lipinski definition) is 2. The van der Waals surface area contributed by atoms with Gasteiger partial charge in [0.05, 0.1) is 11.9 Å². The first kappa shape index (κ1) is 6.34. The second-order valence-electron chi connectivity index (χ2n) is 2.53. The molecule has 0 atom stereocenters. The van der Waals surface area contributed by atoms with Gasteiger partial charge < -0.3 is 0 Å². The van der Waals surface area contributed by atoms with Crippen molar-refractivity contribution in [3.63, 3.8) is 0 Å². The summed E-state index contributed by atoms with van der Waals surface area (Å²) in [4.78, 5) is 4.05. The number of rotatable bonds is 0. The minimum Gasteiger partial charge on any atom is -0.269 e. The average molecular weight is 147 g/mol. The zero-order valence-electron chi connectivity index (χ0n) is 6.36. The Morgan fingerprint density at radius 2 is 2.45 bits per heavy atom. The van der Waals surface area contributed by atoms with E-state index in [9.17, 15) is 0 Å². The Kier molecular flexibility index (Phi) is 1.35. The first-order valence-electron chi connectivity index (χ1n) is 3.57. The van der Waals surface area contributed by atoms with Crippen LogP contribution in [0.25, 0.3) is 6.08 Å². The molecule has 3 heteroatoms. The first-order valence-corrected chi connectivity index (χ1v) is 3.57.